The van der Waals surface area contributed by atoms with E-state index in [0.717, 1.165) is 19.3 Å². The average Bonchev–Trinajstić information content (AvgIpc) is 2.49. The Morgan fingerprint density at radius 3 is 2.45 bits per heavy atom. The lowest BCUT2D eigenvalue weighted by atomic mass is 10.2. The standard InChI is InChI=1S/C14H23ClN4O3/c1-3-5-7-18(10(20)9-15)11-12(16)19(8-6-4-2)14(22)17-13(11)21/h3-9,16H2,1-2H3,(H,17,21,22). The molecule has 0 unspecified atom stereocenters. The lowest BCUT2D eigenvalue weighted by Gasteiger charge is -2.23. The van der Waals surface area contributed by atoms with Crippen LogP contribution in [-0.4, -0.2) is 27.9 Å². The second kappa shape index (κ2) is 8.63. The molecule has 0 bridgehead atoms. The fourth-order valence-electron chi connectivity index (χ4n) is 2.13. The Balaban J connectivity index is 3.38. The Morgan fingerprint density at radius 2 is 1.91 bits per heavy atom. The molecule has 1 heterocycles. The normalized spacial score (nSPS) is 10.7. The molecule has 1 rings (SSSR count). The van der Waals surface area contributed by atoms with Crippen molar-refractivity contribution >= 4 is 29.0 Å². The minimum atomic E-state index is -0.662. The zero-order valence-electron chi connectivity index (χ0n) is 13.0. The van der Waals surface area contributed by atoms with Crippen LogP contribution in [0.4, 0.5) is 11.5 Å². The number of aromatic nitrogens is 2. The van der Waals surface area contributed by atoms with Gasteiger partial charge in [0.05, 0.1) is 0 Å². The van der Waals surface area contributed by atoms with Crippen molar-refractivity contribution < 1.29 is 4.79 Å². The lowest BCUT2D eigenvalue weighted by Crippen LogP contribution is -2.42. The van der Waals surface area contributed by atoms with Gasteiger partial charge in [-0.25, -0.2) is 4.79 Å². The third kappa shape index (κ3) is 4.13. The molecule has 1 amide bonds. The van der Waals surface area contributed by atoms with E-state index in [4.69, 9.17) is 17.3 Å². The fourth-order valence-corrected chi connectivity index (χ4v) is 2.27. The summed E-state index contributed by atoms with van der Waals surface area (Å²) in [6.07, 6.45) is 3.17. The van der Waals surface area contributed by atoms with E-state index >= 15 is 0 Å². The number of hydrogen-bond acceptors (Lipinski definition) is 4. The molecule has 0 radical (unpaired) electrons. The summed E-state index contributed by atoms with van der Waals surface area (Å²) < 4.78 is 1.29. The van der Waals surface area contributed by atoms with Crippen LogP contribution in [-0.2, 0) is 11.3 Å². The van der Waals surface area contributed by atoms with Crippen LogP contribution in [0.5, 0.6) is 0 Å². The fraction of sp³-hybridized carbons (Fsp3) is 0.643. The van der Waals surface area contributed by atoms with Crippen LogP contribution in [0.25, 0.3) is 0 Å². The number of hydrogen-bond donors (Lipinski definition) is 2. The molecule has 1 aromatic rings. The predicted molar refractivity (Wildman–Crippen MR) is 88.6 cm³/mol. The zero-order chi connectivity index (χ0) is 16.7. The van der Waals surface area contributed by atoms with E-state index in [1.54, 1.807) is 0 Å². The van der Waals surface area contributed by atoms with Gasteiger partial charge in [-0.3, -0.25) is 19.1 Å². The van der Waals surface area contributed by atoms with Crippen molar-refractivity contribution in [1.82, 2.24) is 9.55 Å². The van der Waals surface area contributed by atoms with Gasteiger partial charge in [-0.05, 0) is 12.8 Å². The maximum Gasteiger partial charge on any atom is 0.330 e. The molecule has 0 aromatic carbocycles. The van der Waals surface area contributed by atoms with Crippen LogP contribution < -0.4 is 21.9 Å². The van der Waals surface area contributed by atoms with Crippen molar-refractivity contribution in [3.05, 3.63) is 20.8 Å². The molecule has 0 saturated carbocycles. The van der Waals surface area contributed by atoms with Crippen molar-refractivity contribution in [2.45, 2.75) is 46.1 Å². The Morgan fingerprint density at radius 1 is 1.27 bits per heavy atom. The largest absolute Gasteiger partial charge is 0.383 e. The van der Waals surface area contributed by atoms with E-state index in [-0.39, 0.29) is 17.4 Å². The highest BCUT2D eigenvalue weighted by Gasteiger charge is 2.23. The highest BCUT2D eigenvalue weighted by Crippen LogP contribution is 2.18. The second-order valence-electron chi connectivity index (χ2n) is 5.03. The number of alkyl halides is 1. The number of unbranched alkanes of at least 4 members (excludes halogenated alkanes) is 2. The van der Waals surface area contributed by atoms with Crippen molar-refractivity contribution in [2.75, 3.05) is 23.1 Å². The summed E-state index contributed by atoms with van der Waals surface area (Å²) in [4.78, 5) is 39.5. The van der Waals surface area contributed by atoms with E-state index in [1.165, 1.54) is 9.47 Å². The molecule has 7 nitrogen and oxygen atoms in total. The molecule has 0 fully saturated rings. The number of H-pyrrole nitrogens is 1. The number of nitrogens with one attached hydrogen (secondary N) is 1. The third-order valence-electron chi connectivity index (χ3n) is 3.37. The first-order valence-corrected chi connectivity index (χ1v) is 8.00. The Bertz CT molecular complexity index is 623. The first-order valence-electron chi connectivity index (χ1n) is 7.46. The Kier molecular flexibility index (Phi) is 7.17. The number of rotatable bonds is 8. The molecule has 22 heavy (non-hydrogen) atoms. The van der Waals surface area contributed by atoms with Gasteiger partial charge in [0.25, 0.3) is 5.56 Å². The molecule has 0 spiro atoms. The SMILES string of the molecule is CCCCN(C(=O)CCl)c1c(N)n(CCCC)c(=O)[nH]c1=O. The van der Waals surface area contributed by atoms with E-state index in [2.05, 4.69) is 4.98 Å². The van der Waals surface area contributed by atoms with Crippen LogP contribution in [0.15, 0.2) is 9.59 Å². The van der Waals surface area contributed by atoms with E-state index < -0.39 is 17.2 Å². The quantitative estimate of drug-likeness (QED) is 0.701. The summed E-state index contributed by atoms with van der Waals surface area (Å²) in [5.41, 5.74) is 4.78. The first-order chi connectivity index (χ1) is 10.5. The van der Waals surface area contributed by atoms with Crippen LogP contribution in [0.2, 0.25) is 0 Å². The van der Waals surface area contributed by atoms with Crippen molar-refractivity contribution in [1.29, 1.82) is 0 Å². The molecule has 3 N–H and O–H groups in total. The van der Waals surface area contributed by atoms with Gasteiger partial charge in [0.1, 0.15) is 11.7 Å². The minimum Gasteiger partial charge on any atom is -0.383 e. The maximum absolute atomic E-state index is 12.1. The number of amides is 1. The van der Waals surface area contributed by atoms with Gasteiger partial charge in [-0.2, -0.15) is 0 Å². The number of nitrogens with two attached hydrogens (primary N) is 1. The highest BCUT2D eigenvalue weighted by molar-refractivity contribution is 6.29. The molecular formula is C14H23ClN4O3. The third-order valence-corrected chi connectivity index (χ3v) is 3.60. The molecule has 0 saturated heterocycles. The number of carbonyl (C=O) groups is 1. The molecule has 124 valence electrons. The molecule has 0 aliphatic heterocycles. The number of aromatic amines is 1. The van der Waals surface area contributed by atoms with Gasteiger partial charge >= 0.3 is 5.69 Å². The number of carbonyl (C=O) groups excluding carboxylic acids is 1. The molecule has 0 aliphatic carbocycles. The first kappa shape index (κ1) is 18.3. The van der Waals surface area contributed by atoms with Crippen LogP contribution >= 0.6 is 11.6 Å². The number of anilines is 2. The smallest absolute Gasteiger partial charge is 0.330 e. The number of nitrogen functional groups attached to an aromatic ring is 1. The molecular weight excluding hydrogens is 308 g/mol. The molecule has 0 atom stereocenters. The van der Waals surface area contributed by atoms with Crippen molar-refractivity contribution in [2.24, 2.45) is 0 Å². The van der Waals surface area contributed by atoms with Gasteiger partial charge in [0, 0.05) is 13.1 Å². The second-order valence-corrected chi connectivity index (χ2v) is 5.30. The van der Waals surface area contributed by atoms with Crippen LogP contribution in [0, 0.1) is 0 Å². The Labute approximate surface area is 134 Å². The van der Waals surface area contributed by atoms with E-state index in [0.29, 0.717) is 19.5 Å². The van der Waals surface area contributed by atoms with Crippen LogP contribution in [0.1, 0.15) is 39.5 Å². The van der Waals surface area contributed by atoms with E-state index in [1.807, 2.05) is 13.8 Å². The van der Waals surface area contributed by atoms with Crippen LogP contribution in [0.3, 0.4) is 0 Å². The van der Waals surface area contributed by atoms with Gasteiger partial charge in [0.2, 0.25) is 5.91 Å². The summed E-state index contributed by atoms with van der Waals surface area (Å²) in [6.45, 7) is 4.68. The van der Waals surface area contributed by atoms with Gasteiger partial charge in [-0.15, -0.1) is 11.6 Å². The lowest BCUT2D eigenvalue weighted by molar-refractivity contribution is -0.116. The monoisotopic (exact) mass is 330 g/mol. The van der Waals surface area contributed by atoms with E-state index in [9.17, 15) is 14.4 Å². The minimum absolute atomic E-state index is 0.00908. The van der Waals surface area contributed by atoms with Gasteiger partial charge in [-0.1, -0.05) is 26.7 Å². The van der Waals surface area contributed by atoms with Crippen molar-refractivity contribution in [3.8, 4) is 0 Å². The average molecular weight is 331 g/mol. The summed E-state index contributed by atoms with van der Waals surface area (Å²) in [5.74, 6) is -0.652. The number of nitrogens with zero attached hydrogens (tertiary/aromatic N) is 2. The molecule has 1 aromatic heterocycles. The predicted octanol–water partition coefficient (Wildman–Crippen LogP) is 1.29. The Hall–Kier alpha value is -1.76. The molecule has 8 heteroatoms. The zero-order valence-corrected chi connectivity index (χ0v) is 13.8. The summed E-state index contributed by atoms with van der Waals surface area (Å²) in [5, 5.41) is 0. The number of halogens is 1. The molecule has 0 aliphatic rings. The van der Waals surface area contributed by atoms with Gasteiger partial charge in [0.15, 0.2) is 5.69 Å². The topological polar surface area (TPSA) is 101 Å². The van der Waals surface area contributed by atoms with Gasteiger partial charge < -0.3 is 10.6 Å². The van der Waals surface area contributed by atoms with Crippen molar-refractivity contribution in [3.63, 3.8) is 0 Å². The highest BCUT2D eigenvalue weighted by atomic mass is 35.5. The summed E-state index contributed by atoms with van der Waals surface area (Å²) >= 11 is 5.62. The summed E-state index contributed by atoms with van der Waals surface area (Å²) in [7, 11) is 0. The maximum atomic E-state index is 12.1. The summed E-state index contributed by atoms with van der Waals surface area (Å²) in [6, 6.07) is 0.